The van der Waals surface area contributed by atoms with Crippen molar-refractivity contribution in [3.05, 3.63) is 59.7 Å². The third-order valence-corrected chi connectivity index (χ3v) is 6.01. The van der Waals surface area contributed by atoms with Gasteiger partial charge in [0.25, 0.3) is 0 Å². The molecule has 144 valence electrons. The first-order chi connectivity index (χ1) is 13.3. The summed E-state index contributed by atoms with van der Waals surface area (Å²) in [5, 5.41) is 3.79. The standard InChI is InChI=1S/C23H31N3O/c1-27-23-9-5-6-19-18-20(10-11-22(19)23)24-12-13-25-14-16-26(17-15-25)21-7-3-2-4-8-21/h2-9,20,24H,10-18H2,1H3. The van der Waals surface area contributed by atoms with Crippen LogP contribution in [0.5, 0.6) is 5.75 Å². The van der Waals surface area contributed by atoms with E-state index in [4.69, 9.17) is 4.74 Å². The minimum absolute atomic E-state index is 0.593. The molecule has 2 aromatic rings. The van der Waals surface area contributed by atoms with E-state index >= 15 is 0 Å². The van der Waals surface area contributed by atoms with Gasteiger partial charge >= 0.3 is 0 Å². The van der Waals surface area contributed by atoms with E-state index in [2.05, 4.69) is 63.6 Å². The molecule has 1 unspecified atom stereocenters. The summed E-state index contributed by atoms with van der Waals surface area (Å²) in [6.07, 6.45) is 3.44. The quantitative estimate of drug-likeness (QED) is 0.852. The van der Waals surface area contributed by atoms with Crippen molar-refractivity contribution < 1.29 is 4.74 Å². The van der Waals surface area contributed by atoms with Gasteiger partial charge in [-0.15, -0.1) is 0 Å². The third kappa shape index (κ3) is 4.45. The Hall–Kier alpha value is -2.04. The molecular weight excluding hydrogens is 334 g/mol. The molecular formula is C23H31N3O. The van der Waals surface area contributed by atoms with E-state index in [9.17, 15) is 0 Å². The van der Waals surface area contributed by atoms with Crippen LogP contribution in [0.15, 0.2) is 48.5 Å². The Bertz CT molecular complexity index is 726. The van der Waals surface area contributed by atoms with Crippen LogP contribution in [-0.2, 0) is 12.8 Å². The second kappa shape index (κ2) is 8.77. The lowest BCUT2D eigenvalue weighted by molar-refractivity contribution is 0.252. The van der Waals surface area contributed by atoms with Crippen molar-refractivity contribution in [2.24, 2.45) is 0 Å². The largest absolute Gasteiger partial charge is 0.496 e. The van der Waals surface area contributed by atoms with Crippen LogP contribution >= 0.6 is 0 Å². The maximum Gasteiger partial charge on any atom is 0.122 e. The minimum Gasteiger partial charge on any atom is -0.496 e. The number of hydrogen-bond acceptors (Lipinski definition) is 4. The van der Waals surface area contributed by atoms with Crippen molar-refractivity contribution in [1.82, 2.24) is 10.2 Å². The molecule has 1 atom stereocenters. The van der Waals surface area contributed by atoms with E-state index in [1.165, 1.54) is 23.2 Å². The van der Waals surface area contributed by atoms with Crippen molar-refractivity contribution in [2.75, 3.05) is 51.3 Å². The maximum atomic E-state index is 5.52. The van der Waals surface area contributed by atoms with Crippen LogP contribution in [0.4, 0.5) is 5.69 Å². The summed E-state index contributed by atoms with van der Waals surface area (Å²) in [7, 11) is 1.78. The number of benzene rings is 2. The maximum absolute atomic E-state index is 5.52. The topological polar surface area (TPSA) is 27.7 Å². The lowest BCUT2D eigenvalue weighted by Crippen LogP contribution is -2.49. The monoisotopic (exact) mass is 365 g/mol. The first kappa shape index (κ1) is 18.3. The van der Waals surface area contributed by atoms with Gasteiger partial charge in [-0.1, -0.05) is 30.3 Å². The number of rotatable bonds is 6. The molecule has 0 spiro atoms. The summed E-state index contributed by atoms with van der Waals surface area (Å²) in [5.41, 5.74) is 4.22. The Morgan fingerprint density at radius 1 is 1.00 bits per heavy atom. The summed E-state index contributed by atoms with van der Waals surface area (Å²) in [6.45, 7) is 6.78. The molecule has 2 aliphatic rings. The molecule has 0 saturated carbocycles. The van der Waals surface area contributed by atoms with Crippen molar-refractivity contribution >= 4 is 5.69 Å². The molecule has 1 N–H and O–H groups in total. The van der Waals surface area contributed by atoms with E-state index in [0.29, 0.717) is 6.04 Å². The van der Waals surface area contributed by atoms with Gasteiger partial charge in [0.2, 0.25) is 0 Å². The van der Waals surface area contributed by atoms with Gasteiger partial charge in [0.1, 0.15) is 5.75 Å². The number of ether oxygens (including phenoxy) is 1. The lowest BCUT2D eigenvalue weighted by Gasteiger charge is -2.36. The third-order valence-electron chi connectivity index (χ3n) is 6.01. The highest BCUT2D eigenvalue weighted by Crippen LogP contribution is 2.29. The molecule has 0 bridgehead atoms. The molecule has 1 aliphatic carbocycles. The van der Waals surface area contributed by atoms with E-state index in [0.717, 1.165) is 57.9 Å². The van der Waals surface area contributed by atoms with Crippen molar-refractivity contribution in [1.29, 1.82) is 0 Å². The van der Waals surface area contributed by atoms with Crippen molar-refractivity contribution in [2.45, 2.75) is 25.3 Å². The average molecular weight is 366 g/mol. The Morgan fingerprint density at radius 2 is 1.81 bits per heavy atom. The van der Waals surface area contributed by atoms with Gasteiger partial charge in [-0.2, -0.15) is 0 Å². The summed E-state index contributed by atoms with van der Waals surface area (Å²) in [4.78, 5) is 5.08. The Balaban J connectivity index is 1.20. The fourth-order valence-corrected chi connectivity index (χ4v) is 4.43. The van der Waals surface area contributed by atoms with Crippen LogP contribution in [0.1, 0.15) is 17.5 Å². The zero-order valence-corrected chi connectivity index (χ0v) is 16.4. The smallest absolute Gasteiger partial charge is 0.122 e. The van der Waals surface area contributed by atoms with Gasteiger partial charge < -0.3 is 15.0 Å². The molecule has 0 amide bonds. The van der Waals surface area contributed by atoms with Crippen molar-refractivity contribution in [3.8, 4) is 5.75 Å². The lowest BCUT2D eigenvalue weighted by atomic mass is 9.87. The van der Waals surface area contributed by atoms with Gasteiger partial charge in [-0.05, 0) is 48.6 Å². The first-order valence-electron chi connectivity index (χ1n) is 10.2. The number of anilines is 1. The minimum atomic E-state index is 0.593. The van der Waals surface area contributed by atoms with Crippen LogP contribution in [0.2, 0.25) is 0 Å². The van der Waals surface area contributed by atoms with Crippen LogP contribution in [0.3, 0.4) is 0 Å². The Morgan fingerprint density at radius 3 is 2.59 bits per heavy atom. The van der Waals surface area contributed by atoms with E-state index in [-0.39, 0.29) is 0 Å². The Kier molecular flexibility index (Phi) is 5.95. The summed E-state index contributed by atoms with van der Waals surface area (Å²) >= 11 is 0. The number of para-hydroxylation sites is 1. The second-order valence-electron chi connectivity index (χ2n) is 7.66. The zero-order valence-electron chi connectivity index (χ0n) is 16.4. The molecule has 1 aliphatic heterocycles. The normalized spacial score (nSPS) is 20.3. The van der Waals surface area contributed by atoms with E-state index in [1.54, 1.807) is 7.11 Å². The highest BCUT2D eigenvalue weighted by atomic mass is 16.5. The molecule has 2 aromatic carbocycles. The molecule has 4 nitrogen and oxygen atoms in total. The number of fused-ring (bicyclic) bond motifs is 1. The number of nitrogens with one attached hydrogen (secondary N) is 1. The van der Waals surface area contributed by atoms with Crippen LogP contribution in [0.25, 0.3) is 0 Å². The van der Waals surface area contributed by atoms with Gasteiger partial charge in [0, 0.05) is 51.0 Å². The highest BCUT2D eigenvalue weighted by molar-refractivity contribution is 5.46. The molecule has 1 saturated heterocycles. The summed E-state index contributed by atoms with van der Waals surface area (Å²) in [5.74, 6) is 1.06. The first-order valence-corrected chi connectivity index (χ1v) is 10.2. The number of piperazine rings is 1. The fraction of sp³-hybridized carbons (Fsp3) is 0.478. The number of hydrogen-bond donors (Lipinski definition) is 1. The van der Waals surface area contributed by atoms with Gasteiger partial charge in [0.05, 0.1) is 7.11 Å². The number of methoxy groups -OCH3 is 1. The van der Waals surface area contributed by atoms with E-state index in [1.807, 2.05) is 0 Å². The molecule has 4 heteroatoms. The van der Waals surface area contributed by atoms with Crippen molar-refractivity contribution in [3.63, 3.8) is 0 Å². The van der Waals surface area contributed by atoms with Gasteiger partial charge in [0.15, 0.2) is 0 Å². The SMILES string of the molecule is COc1cccc2c1CCC(NCCN1CCN(c3ccccc3)CC1)C2. The molecule has 0 aromatic heterocycles. The molecule has 1 fully saturated rings. The van der Waals surface area contributed by atoms with Gasteiger partial charge in [-0.3, -0.25) is 4.90 Å². The molecule has 1 heterocycles. The second-order valence-corrected chi connectivity index (χ2v) is 7.66. The predicted octanol–water partition coefficient (Wildman–Crippen LogP) is 2.96. The van der Waals surface area contributed by atoms with Crippen LogP contribution in [0, 0.1) is 0 Å². The van der Waals surface area contributed by atoms with Gasteiger partial charge in [-0.25, -0.2) is 0 Å². The molecule has 27 heavy (non-hydrogen) atoms. The predicted molar refractivity (Wildman–Crippen MR) is 112 cm³/mol. The highest BCUT2D eigenvalue weighted by Gasteiger charge is 2.21. The van der Waals surface area contributed by atoms with Crippen LogP contribution < -0.4 is 15.0 Å². The molecule has 0 radical (unpaired) electrons. The average Bonchev–Trinajstić information content (AvgIpc) is 2.74. The summed E-state index contributed by atoms with van der Waals surface area (Å²) < 4.78 is 5.52. The molecule has 4 rings (SSSR count). The summed E-state index contributed by atoms with van der Waals surface area (Å²) in [6, 6.07) is 17.8. The van der Waals surface area contributed by atoms with Crippen LogP contribution in [-0.4, -0.2) is 57.3 Å². The number of nitrogens with zero attached hydrogens (tertiary/aromatic N) is 2. The fourth-order valence-electron chi connectivity index (χ4n) is 4.43. The van der Waals surface area contributed by atoms with E-state index < -0.39 is 0 Å². The zero-order chi connectivity index (χ0) is 18.5. The Labute approximate surface area is 163 Å².